The first kappa shape index (κ1) is 17.8. The third-order valence-corrected chi connectivity index (χ3v) is 4.73. The van der Waals surface area contributed by atoms with E-state index in [1.165, 1.54) is 0 Å². The fourth-order valence-corrected chi connectivity index (χ4v) is 3.28. The number of hydrogen-bond acceptors (Lipinski definition) is 4. The standard InChI is InChI=1S/C21H20N4O3/c1-28-19-13-16(6-9-18(19)25-11-2-3-20(25)26)23-21(27)15-4-7-17(8-5-15)24-12-10-22-14-24/h4-10,12-14H,2-3,11H2,1H3,(H,23,27). The molecule has 1 aliphatic heterocycles. The molecule has 3 aromatic rings. The minimum Gasteiger partial charge on any atom is -0.494 e. The normalized spacial score (nSPS) is 13.6. The monoisotopic (exact) mass is 376 g/mol. The molecule has 2 heterocycles. The summed E-state index contributed by atoms with van der Waals surface area (Å²) in [6, 6.07) is 12.6. The van der Waals surface area contributed by atoms with Gasteiger partial charge in [0.05, 0.1) is 19.1 Å². The molecular formula is C21H20N4O3. The number of aromatic nitrogens is 2. The van der Waals surface area contributed by atoms with E-state index in [-0.39, 0.29) is 11.8 Å². The van der Waals surface area contributed by atoms with Gasteiger partial charge in [-0.05, 0) is 42.8 Å². The molecule has 0 aliphatic carbocycles. The van der Waals surface area contributed by atoms with Crippen molar-refractivity contribution in [1.29, 1.82) is 0 Å². The molecule has 0 bridgehead atoms. The van der Waals surface area contributed by atoms with Crippen molar-refractivity contribution in [1.82, 2.24) is 9.55 Å². The van der Waals surface area contributed by atoms with Gasteiger partial charge in [0.2, 0.25) is 5.91 Å². The van der Waals surface area contributed by atoms with Crippen LogP contribution in [-0.2, 0) is 4.79 Å². The number of ether oxygens (including phenoxy) is 1. The van der Waals surface area contributed by atoms with Gasteiger partial charge in [-0.3, -0.25) is 9.59 Å². The number of rotatable bonds is 5. The lowest BCUT2D eigenvalue weighted by Crippen LogP contribution is -2.24. The Morgan fingerprint density at radius 3 is 2.64 bits per heavy atom. The quantitative estimate of drug-likeness (QED) is 0.742. The van der Waals surface area contributed by atoms with E-state index in [0.29, 0.717) is 30.0 Å². The Bertz CT molecular complexity index is 997. The van der Waals surface area contributed by atoms with Gasteiger partial charge in [-0.2, -0.15) is 0 Å². The summed E-state index contributed by atoms with van der Waals surface area (Å²) in [4.78, 5) is 30.3. The van der Waals surface area contributed by atoms with Crippen LogP contribution < -0.4 is 15.0 Å². The first-order valence-electron chi connectivity index (χ1n) is 9.04. The molecule has 0 saturated carbocycles. The average Bonchev–Trinajstić information content (AvgIpc) is 3.40. The summed E-state index contributed by atoms with van der Waals surface area (Å²) in [5.74, 6) is 0.431. The van der Waals surface area contributed by atoms with Crippen molar-refractivity contribution in [2.45, 2.75) is 12.8 Å². The van der Waals surface area contributed by atoms with Gasteiger partial charge >= 0.3 is 0 Å². The van der Waals surface area contributed by atoms with Crippen molar-refractivity contribution in [3.05, 3.63) is 66.7 Å². The number of benzene rings is 2. The van der Waals surface area contributed by atoms with Gasteiger partial charge in [0.15, 0.2) is 0 Å². The molecule has 1 saturated heterocycles. The molecule has 7 heteroatoms. The number of hydrogen-bond donors (Lipinski definition) is 1. The highest BCUT2D eigenvalue weighted by atomic mass is 16.5. The van der Waals surface area contributed by atoms with E-state index >= 15 is 0 Å². The summed E-state index contributed by atoms with van der Waals surface area (Å²) in [5.41, 5.74) is 2.81. The fraction of sp³-hybridized carbons (Fsp3) is 0.190. The van der Waals surface area contributed by atoms with Crippen molar-refractivity contribution < 1.29 is 14.3 Å². The maximum absolute atomic E-state index is 12.6. The summed E-state index contributed by atoms with van der Waals surface area (Å²) in [6.07, 6.45) is 6.64. The lowest BCUT2D eigenvalue weighted by molar-refractivity contribution is -0.117. The second-order valence-corrected chi connectivity index (χ2v) is 6.51. The summed E-state index contributed by atoms with van der Waals surface area (Å²) in [6.45, 7) is 0.685. The van der Waals surface area contributed by atoms with Crippen LogP contribution in [0, 0.1) is 0 Å². The molecule has 0 radical (unpaired) electrons. The maximum atomic E-state index is 12.6. The number of imidazole rings is 1. The van der Waals surface area contributed by atoms with E-state index in [2.05, 4.69) is 10.3 Å². The molecule has 2 aromatic carbocycles. The molecule has 1 aliphatic rings. The molecule has 4 rings (SSSR count). The highest BCUT2D eigenvalue weighted by Gasteiger charge is 2.24. The van der Waals surface area contributed by atoms with E-state index in [1.54, 1.807) is 54.9 Å². The predicted octanol–water partition coefficient (Wildman–Crippen LogP) is 3.26. The highest BCUT2D eigenvalue weighted by Crippen LogP contribution is 2.34. The van der Waals surface area contributed by atoms with Crippen LogP contribution in [0.5, 0.6) is 5.75 Å². The number of amides is 2. The summed E-state index contributed by atoms with van der Waals surface area (Å²) in [5, 5.41) is 2.87. The lowest BCUT2D eigenvalue weighted by Gasteiger charge is -2.19. The van der Waals surface area contributed by atoms with Crippen LogP contribution in [0.1, 0.15) is 23.2 Å². The number of nitrogens with one attached hydrogen (secondary N) is 1. The predicted molar refractivity (Wildman–Crippen MR) is 106 cm³/mol. The zero-order valence-electron chi connectivity index (χ0n) is 15.5. The van der Waals surface area contributed by atoms with E-state index in [9.17, 15) is 9.59 Å². The number of anilines is 2. The molecule has 0 atom stereocenters. The van der Waals surface area contributed by atoms with Gasteiger partial charge in [-0.25, -0.2) is 4.98 Å². The van der Waals surface area contributed by atoms with Crippen molar-refractivity contribution in [2.75, 3.05) is 23.9 Å². The Balaban J connectivity index is 1.50. The minimum atomic E-state index is -0.218. The van der Waals surface area contributed by atoms with Gasteiger partial charge < -0.3 is 19.5 Å². The van der Waals surface area contributed by atoms with Crippen molar-refractivity contribution in [3.63, 3.8) is 0 Å². The van der Waals surface area contributed by atoms with E-state index < -0.39 is 0 Å². The smallest absolute Gasteiger partial charge is 0.255 e. The Morgan fingerprint density at radius 1 is 1.18 bits per heavy atom. The van der Waals surface area contributed by atoms with Crippen LogP contribution in [-0.4, -0.2) is 35.0 Å². The number of carbonyl (C=O) groups is 2. The zero-order chi connectivity index (χ0) is 19.5. The SMILES string of the molecule is COc1cc(NC(=O)c2ccc(-n3ccnc3)cc2)ccc1N1CCCC1=O. The Kier molecular flexibility index (Phi) is 4.80. The molecule has 142 valence electrons. The second-order valence-electron chi connectivity index (χ2n) is 6.51. The topological polar surface area (TPSA) is 76.5 Å². The fourth-order valence-electron chi connectivity index (χ4n) is 3.28. The minimum absolute atomic E-state index is 0.0908. The zero-order valence-corrected chi connectivity index (χ0v) is 15.5. The van der Waals surface area contributed by atoms with Crippen molar-refractivity contribution in [3.8, 4) is 11.4 Å². The largest absolute Gasteiger partial charge is 0.494 e. The molecule has 0 spiro atoms. The van der Waals surface area contributed by atoms with Gasteiger partial charge in [0.1, 0.15) is 5.75 Å². The van der Waals surface area contributed by atoms with Crippen LogP contribution in [0.3, 0.4) is 0 Å². The van der Waals surface area contributed by atoms with Crippen LogP contribution >= 0.6 is 0 Å². The van der Waals surface area contributed by atoms with Crippen molar-refractivity contribution >= 4 is 23.2 Å². The average molecular weight is 376 g/mol. The first-order chi connectivity index (χ1) is 13.7. The Hall–Kier alpha value is -3.61. The van der Waals surface area contributed by atoms with Crippen LogP contribution in [0.25, 0.3) is 5.69 Å². The van der Waals surface area contributed by atoms with E-state index in [1.807, 2.05) is 22.9 Å². The van der Waals surface area contributed by atoms with Gasteiger partial charge in [0, 0.05) is 48.4 Å². The number of carbonyl (C=O) groups excluding carboxylic acids is 2. The molecule has 0 unspecified atom stereocenters. The number of methoxy groups -OCH3 is 1. The third-order valence-electron chi connectivity index (χ3n) is 4.73. The molecule has 1 fully saturated rings. The summed E-state index contributed by atoms with van der Waals surface area (Å²) >= 11 is 0. The maximum Gasteiger partial charge on any atom is 0.255 e. The van der Waals surface area contributed by atoms with Gasteiger partial charge in [0.25, 0.3) is 5.91 Å². The van der Waals surface area contributed by atoms with Gasteiger partial charge in [-0.1, -0.05) is 0 Å². The Labute approximate surface area is 162 Å². The van der Waals surface area contributed by atoms with Crippen molar-refractivity contribution in [2.24, 2.45) is 0 Å². The van der Waals surface area contributed by atoms with Crippen LogP contribution in [0.2, 0.25) is 0 Å². The van der Waals surface area contributed by atoms with Gasteiger partial charge in [-0.15, -0.1) is 0 Å². The lowest BCUT2D eigenvalue weighted by atomic mass is 10.1. The second kappa shape index (κ2) is 7.56. The van der Waals surface area contributed by atoms with E-state index in [0.717, 1.165) is 17.8 Å². The number of nitrogens with zero attached hydrogens (tertiary/aromatic N) is 3. The summed E-state index contributed by atoms with van der Waals surface area (Å²) < 4.78 is 7.30. The van der Waals surface area contributed by atoms with Crippen LogP contribution in [0.4, 0.5) is 11.4 Å². The van der Waals surface area contributed by atoms with Crippen LogP contribution in [0.15, 0.2) is 61.2 Å². The molecule has 1 aromatic heterocycles. The molecule has 1 N–H and O–H groups in total. The molecule has 28 heavy (non-hydrogen) atoms. The highest BCUT2D eigenvalue weighted by molar-refractivity contribution is 6.05. The molecular weight excluding hydrogens is 356 g/mol. The first-order valence-corrected chi connectivity index (χ1v) is 9.04. The Morgan fingerprint density at radius 2 is 2.00 bits per heavy atom. The third kappa shape index (κ3) is 3.46. The summed E-state index contributed by atoms with van der Waals surface area (Å²) in [7, 11) is 1.56. The molecule has 7 nitrogen and oxygen atoms in total. The van der Waals surface area contributed by atoms with E-state index in [4.69, 9.17) is 4.74 Å². The molecule has 2 amide bonds.